The Morgan fingerprint density at radius 3 is 2.53 bits per heavy atom. The lowest BCUT2D eigenvalue weighted by molar-refractivity contribution is -0.143. The monoisotopic (exact) mass is 481 g/mol. The summed E-state index contributed by atoms with van der Waals surface area (Å²) in [5.41, 5.74) is -2.09. The molecule has 2 aromatic heterocycles. The number of hydrogen-bond acceptors (Lipinski definition) is 4. The molecular weight excluding hydrogens is 464 g/mol. The smallest absolute Gasteiger partial charge is 0.322 e. The summed E-state index contributed by atoms with van der Waals surface area (Å²) in [5.74, 6) is -1.23. The molecule has 0 atom stereocenters. The largest absolute Gasteiger partial charge is 0.434 e. The second-order valence-corrected chi connectivity index (χ2v) is 8.26. The number of aromatic nitrogens is 3. The molecule has 6 nitrogen and oxygen atoms in total. The maximum absolute atomic E-state index is 14.1. The van der Waals surface area contributed by atoms with Crippen LogP contribution in [0.15, 0.2) is 42.7 Å². The Morgan fingerprint density at radius 1 is 1.09 bits per heavy atom. The molecule has 12 heteroatoms. The van der Waals surface area contributed by atoms with Gasteiger partial charge in [-0.15, -0.1) is 0 Å². The highest BCUT2D eigenvalue weighted by Gasteiger charge is 2.48. The van der Waals surface area contributed by atoms with Crippen LogP contribution in [-0.2, 0) is 24.3 Å². The van der Waals surface area contributed by atoms with E-state index in [2.05, 4.69) is 20.7 Å². The molecule has 2 aliphatic rings. The third-order valence-electron chi connectivity index (χ3n) is 6.07. The molecule has 2 N–H and O–H groups in total. The van der Waals surface area contributed by atoms with E-state index in [1.807, 2.05) is 6.07 Å². The van der Waals surface area contributed by atoms with Crippen LogP contribution in [0.3, 0.4) is 0 Å². The van der Waals surface area contributed by atoms with E-state index < -0.39 is 35.2 Å². The Kier molecular flexibility index (Phi) is 4.97. The minimum Gasteiger partial charge on any atom is -0.322 e. The fourth-order valence-corrected chi connectivity index (χ4v) is 4.41. The summed E-state index contributed by atoms with van der Waals surface area (Å²) < 4.78 is 81.8. The number of amides is 1. The molecule has 0 bridgehead atoms. The number of carbonyl (C=O) groups excluding carboxylic acids is 1. The maximum Gasteiger partial charge on any atom is 0.434 e. The first kappa shape index (κ1) is 22.4. The summed E-state index contributed by atoms with van der Waals surface area (Å²) in [6.07, 6.45) is -5.89. The molecule has 1 aliphatic heterocycles. The number of fused-ring (bicyclic) bond motifs is 2. The molecule has 3 aromatic rings. The van der Waals surface area contributed by atoms with E-state index in [1.54, 1.807) is 6.07 Å². The van der Waals surface area contributed by atoms with Crippen molar-refractivity contribution < 1.29 is 31.1 Å². The van der Waals surface area contributed by atoms with Gasteiger partial charge in [-0.1, -0.05) is 12.1 Å². The van der Waals surface area contributed by atoms with Gasteiger partial charge in [0.25, 0.3) is 5.91 Å². The van der Waals surface area contributed by atoms with E-state index in [-0.39, 0.29) is 16.9 Å². The molecule has 1 aromatic carbocycles. The van der Waals surface area contributed by atoms with Gasteiger partial charge in [-0.05, 0) is 48.6 Å². The number of halogens is 6. The Bertz CT molecular complexity index is 1280. The predicted octanol–water partition coefficient (Wildman–Crippen LogP) is 4.69. The van der Waals surface area contributed by atoms with E-state index in [9.17, 15) is 31.1 Å². The molecule has 178 valence electrons. The topological polar surface area (TPSA) is 71.8 Å². The van der Waals surface area contributed by atoms with Crippen molar-refractivity contribution in [3.8, 4) is 5.69 Å². The molecule has 34 heavy (non-hydrogen) atoms. The molecule has 1 fully saturated rings. The van der Waals surface area contributed by atoms with Crippen molar-refractivity contribution in [2.24, 2.45) is 0 Å². The second-order valence-electron chi connectivity index (χ2n) is 8.26. The van der Waals surface area contributed by atoms with Crippen LogP contribution in [0.2, 0.25) is 0 Å². The summed E-state index contributed by atoms with van der Waals surface area (Å²) in [6, 6.07) is 6.65. The Hall–Kier alpha value is -3.41. The van der Waals surface area contributed by atoms with Crippen molar-refractivity contribution in [3.05, 3.63) is 70.8 Å². The fraction of sp³-hybridized carbons (Fsp3) is 0.318. The van der Waals surface area contributed by atoms with E-state index in [0.29, 0.717) is 23.7 Å². The molecule has 1 amide bonds. The highest BCUT2D eigenvalue weighted by atomic mass is 19.4. The van der Waals surface area contributed by atoms with Crippen LogP contribution in [0.4, 0.5) is 32.0 Å². The summed E-state index contributed by atoms with van der Waals surface area (Å²) >= 11 is 0. The number of alkyl halides is 6. The number of nitrogens with zero attached hydrogens (tertiary/aromatic N) is 3. The average molecular weight is 481 g/mol. The molecule has 5 rings (SSSR count). The first-order valence-corrected chi connectivity index (χ1v) is 10.4. The van der Waals surface area contributed by atoms with Crippen LogP contribution in [0.25, 0.3) is 5.69 Å². The minimum absolute atomic E-state index is 0.222. The molecule has 1 saturated carbocycles. The van der Waals surface area contributed by atoms with Crippen LogP contribution >= 0.6 is 0 Å². The molecule has 1 spiro atoms. The van der Waals surface area contributed by atoms with E-state index in [0.717, 1.165) is 42.4 Å². The summed E-state index contributed by atoms with van der Waals surface area (Å²) in [7, 11) is 0. The Labute approximate surface area is 189 Å². The third kappa shape index (κ3) is 3.81. The fourth-order valence-electron chi connectivity index (χ4n) is 4.41. The van der Waals surface area contributed by atoms with Crippen molar-refractivity contribution in [2.75, 3.05) is 11.9 Å². The first-order chi connectivity index (χ1) is 16.0. The third-order valence-corrected chi connectivity index (χ3v) is 6.07. The van der Waals surface area contributed by atoms with E-state index in [1.165, 1.54) is 6.07 Å². The van der Waals surface area contributed by atoms with Gasteiger partial charge in [0.2, 0.25) is 0 Å². The predicted molar refractivity (Wildman–Crippen MR) is 108 cm³/mol. The maximum atomic E-state index is 14.1. The van der Waals surface area contributed by atoms with Crippen molar-refractivity contribution in [1.29, 1.82) is 0 Å². The van der Waals surface area contributed by atoms with Gasteiger partial charge < -0.3 is 10.6 Å². The van der Waals surface area contributed by atoms with Gasteiger partial charge >= 0.3 is 12.4 Å². The van der Waals surface area contributed by atoms with Gasteiger partial charge in [0.15, 0.2) is 5.69 Å². The number of carbonyl (C=O) groups is 1. The van der Waals surface area contributed by atoms with Crippen LogP contribution in [0.1, 0.15) is 45.7 Å². The SMILES string of the molecule is O=C(Nc1ccnc(C(F)(F)F)c1)c1cnn(-c2cccc3c2CCNC32CC2)c1C(F)(F)F. The van der Waals surface area contributed by atoms with Gasteiger partial charge in [0.05, 0.1) is 17.4 Å². The zero-order valence-electron chi connectivity index (χ0n) is 17.4. The van der Waals surface area contributed by atoms with Crippen molar-refractivity contribution in [2.45, 2.75) is 37.2 Å². The lowest BCUT2D eigenvalue weighted by Crippen LogP contribution is -2.37. The molecule has 0 unspecified atom stereocenters. The van der Waals surface area contributed by atoms with Crippen molar-refractivity contribution in [3.63, 3.8) is 0 Å². The average Bonchev–Trinajstić information content (AvgIpc) is 3.38. The molecule has 0 saturated heterocycles. The molecule has 1 aliphatic carbocycles. The number of anilines is 1. The summed E-state index contributed by atoms with van der Waals surface area (Å²) in [6.45, 7) is 0.601. The van der Waals surface area contributed by atoms with Crippen LogP contribution in [0, 0.1) is 0 Å². The number of nitrogens with one attached hydrogen (secondary N) is 2. The van der Waals surface area contributed by atoms with Gasteiger partial charge in [-0.25, -0.2) is 4.68 Å². The van der Waals surface area contributed by atoms with E-state index >= 15 is 0 Å². The molecule has 0 radical (unpaired) electrons. The lowest BCUT2D eigenvalue weighted by atomic mass is 9.91. The quantitative estimate of drug-likeness (QED) is 0.533. The van der Waals surface area contributed by atoms with Crippen molar-refractivity contribution in [1.82, 2.24) is 20.1 Å². The zero-order chi connectivity index (χ0) is 24.3. The number of hydrogen-bond donors (Lipinski definition) is 2. The normalized spacial score (nSPS) is 16.9. The standard InChI is InChI=1S/C22H17F6N5O/c23-21(24,25)17-10-12(4-8-29-17)32-19(34)14-11-31-33(18(14)22(26,27)28)16-3-1-2-15-13(16)5-9-30-20(15)6-7-20/h1-4,8,10-11,30H,5-7,9H2,(H,29,32,34). The van der Waals surface area contributed by atoms with Crippen LogP contribution in [0.5, 0.6) is 0 Å². The zero-order valence-corrected chi connectivity index (χ0v) is 17.4. The number of rotatable bonds is 3. The van der Waals surface area contributed by atoms with Crippen LogP contribution < -0.4 is 10.6 Å². The summed E-state index contributed by atoms with van der Waals surface area (Å²) in [4.78, 5) is 15.9. The van der Waals surface area contributed by atoms with Gasteiger partial charge in [0, 0.05) is 24.0 Å². The van der Waals surface area contributed by atoms with E-state index in [4.69, 9.17) is 0 Å². The Balaban J connectivity index is 1.55. The highest BCUT2D eigenvalue weighted by molar-refractivity contribution is 6.05. The highest BCUT2D eigenvalue weighted by Crippen LogP contribution is 2.49. The molecular formula is C22H17F6N5O. The minimum atomic E-state index is -4.95. The number of pyridine rings is 1. The van der Waals surface area contributed by atoms with Gasteiger partial charge in [-0.3, -0.25) is 9.78 Å². The second kappa shape index (κ2) is 7.55. The molecule has 3 heterocycles. The number of benzene rings is 1. The van der Waals surface area contributed by atoms with Gasteiger partial charge in [0.1, 0.15) is 5.69 Å². The Morgan fingerprint density at radius 2 is 1.85 bits per heavy atom. The lowest BCUT2D eigenvalue weighted by Gasteiger charge is -2.29. The summed E-state index contributed by atoms with van der Waals surface area (Å²) in [5, 5.41) is 9.38. The van der Waals surface area contributed by atoms with Gasteiger partial charge in [-0.2, -0.15) is 31.4 Å². The van der Waals surface area contributed by atoms with Crippen LogP contribution in [-0.4, -0.2) is 27.2 Å². The van der Waals surface area contributed by atoms with Crippen molar-refractivity contribution >= 4 is 11.6 Å². The first-order valence-electron chi connectivity index (χ1n) is 10.4.